The number of aryl methyl sites for hydroxylation is 1. The molecule has 34 heavy (non-hydrogen) atoms. The van der Waals surface area contributed by atoms with Crippen LogP contribution in [0, 0.1) is 18.3 Å². The van der Waals surface area contributed by atoms with Crippen molar-refractivity contribution in [1.29, 1.82) is 5.26 Å². The third-order valence-electron chi connectivity index (χ3n) is 6.45. The van der Waals surface area contributed by atoms with Crippen LogP contribution in [0.4, 0.5) is 13.6 Å². The van der Waals surface area contributed by atoms with Gasteiger partial charge in [0.25, 0.3) is 0 Å². The van der Waals surface area contributed by atoms with Gasteiger partial charge in [-0.3, -0.25) is 0 Å². The van der Waals surface area contributed by atoms with Crippen molar-refractivity contribution in [2.45, 2.75) is 90.6 Å². The zero-order valence-corrected chi connectivity index (χ0v) is 21.1. The lowest BCUT2D eigenvalue weighted by Gasteiger charge is -2.38. The highest BCUT2D eigenvalue weighted by Gasteiger charge is 2.52. The highest BCUT2D eigenvalue weighted by atomic mass is 19.3. The Morgan fingerprint density at radius 1 is 1.21 bits per heavy atom. The Balaban J connectivity index is 1.78. The fourth-order valence-corrected chi connectivity index (χ4v) is 3.81. The monoisotopic (exact) mass is 478 g/mol. The van der Waals surface area contributed by atoms with Gasteiger partial charge in [-0.2, -0.15) is 5.26 Å². The van der Waals surface area contributed by atoms with Crippen molar-refractivity contribution >= 4 is 18.7 Å². The third kappa shape index (κ3) is 5.31. The highest BCUT2D eigenvalue weighted by Crippen LogP contribution is 2.38. The number of likely N-dealkylation sites (tertiary alicyclic amines) is 1. The van der Waals surface area contributed by atoms with E-state index in [1.165, 1.54) is 0 Å². The second kappa shape index (κ2) is 8.69. The first-order chi connectivity index (χ1) is 15.5. The molecule has 0 N–H and O–H groups in total. The maximum atomic E-state index is 14.9. The molecule has 1 amide bonds. The van der Waals surface area contributed by atoms with Crippen LogP contribution in [0.5, 0.6) is 5.75 Å². The summed E-state index contributed by atoms with van der Waals surface area (Å²) in [6, 6.07) is 5.17. The number of hydrogen-bond donors (Lipinski definition) is 0. The lowest BCUT2D eigenvalue weighted by molar-refractivity contribution is -0.137. The molecule has 1 unspecified atom stereocenters. The van der Waals surface area contributed by atoms with E-state index in [9.17, 15) is 18.8 Å². The number of carbonyl (C=O) groups is 1. The van der Waals surface area contributed by atoms with Gasteiger partial charge in [-0.1, -0.05) is 0 Å². The smallest absolute Gasteiger partial charge is 0.483 e. The molecule has 10 heteroatoms. The topological polar surface area (TPSA) is 81.0 Å². The van der Waals surface area contributed by atoms with Crippen molar-refractivity contribution < 1.29 is 32.4 Å². The van der Waals surface area contributed by atoms with Crippen molar-refractivity contribution in [2.75, 3.05) is 13.1 Å². The first-order valence-corrected chi connectivity index (χ1v) is 11.4. The van der Waals surface area contributed by atoms with Gasteiger partial charge in [-0.25, -0.2) is 13.6 Å². The number of alkyl halides is 2. The van der Waals surface area contributed by atoms with Crippen molar-refractivity contribution in [3.8, 4) is 11.8 Å². The standard InChI is InChI=1S/C24H33BF2N2O5/c1-15-11-18(16(13-28)12-17(15)25-33-22(5,6)23(7,8)34-25)31-19-9-10-29(14-24(19,26)27)20(30)32-21(2,3)4/h11-12,19H,9-10,14H2,1-8H3. The third-order valence-corrected chi connectivity index (χ3v) is 6.45. The fraction of sp³-hybridized carbons (Fsp3) is 0.667. The minimum absolute atomic E-state index is 0.0576. The van der Waals surface area contributed by atoms with Gasteiger partial charge in [0.1, 0.15) is 17.4 Å². The van der Waals surface area contributed by atoms with Crippen LogP contribution in [0.1, 0.15) is 66.0 Å². The van der Waals surface area contributed by atoms with E-state index in [2.05, 4.69) is 0 Å². The number of nitrogens with zero attached hydrogens (tertiary/aromatic N) is 2. The zero-order valence-electron chi connectivity index (χ0n) is 21.1. The molecule has 0 radical (unpaired) electrons. The summed E-state index contributed by atoms with van der Waals surface area (Å²) in [6.45, 7) is 13.8. The lowest BCUT2D eigenvalue weighted by Crippen LogP contribution is -2.56. The van der Waals surface area contributed by atoms with Crippen LogP contribution >= 0.6 is 0 Å². The fourth-order valence-electron chi connectivity index (χ4n) is 3.81. The van der Waals surface area contributed by atoms with Gasteiger partial charge in [0, 0.05) is 13.0 Å². The van der Waals surface area contributed by atoms with Gasteiger partial charge in [0.05, 0.1) is 23.3 Å². The lowest BCUT2D eigenvalue weighted by atomic mass is 9.75. The average molecular weight is 478 g/mol. The summed E-state index contributed by atoms with van der Waals surface area (Å²) in [5.41, 5.74) is -0.443. The number of nitriles is 1. The number of hydrogen-bond acceptors (Lipinski definition) is 6. The van der Waals surface area contributed by atoms with Gasteiger partial charge >= 0.3 is 19.1 Å². The van der Waals surface area contributed by atoms with Crippen LogP contribution < -0.4 is 10.2 Å². The largest absolute Gasteiger partial charge is 0.495 e. The van der Waals surface area contributed by atoms with E-state index in [-0.39, 0.29) is 24.3 Å². The molecule has 3 rings (SSSR count). The Morgan fingerprint density at radius 2 is 1.79 bits per heavy atom. The van der Waals surface area contributed by atoms with Crippen LogP contribution in [0.3, 0.4) is 0 Å². The molecule has 7 nitrogen and oxygen atoms in total. The molecule has 1 aromatic rings. The number of rotatable bonds is 3. The Hall–Kier alpha value is -2.38. The maximum Gasteiger partial charge on any atom is 0.495 e. The predicted octanol–water partition coefficient (Wildman–Crippen LogP) is 4.19. The first-order valence-electron chi connectivity index (χ1n) is 11.4. The number of ether oxygens (including phenoxy) is 2. The van der Waals surface area contributed by atoms with Crippen LogP contribution in [-0.4, -0.2) is 60.0 Å². The van der Waals surface area contributed by atoms with Crippen molar-refractivity contribution in [2.24, 2.45) is 0 Å². The van der Waals surface area contributed by atoms with Crippen molar-refractivity contribution in [3.05, 3.63) is 23.3 Å². The van der Waals surface area contributed by atoms with E-state index in [0.717, 1.165) is 4.90 Å². The maximum absolute atomic E-state index is 14.9. The number of carbonyl (C=O) groups excluding carboxylic acids is 1. The van der Waals surface area contributed by atoms with E-state index >= 15 is 0 Å². The molecule has 0 aromatic heterocycles. The molecule has 2 heterocycles. The molecule has 2 fully saturated rings. The number of amides is 1. The molecule has 2 saturated heterocycles. The minimum atomic E-state index is -3.32. The minimum Gasteiger partial charge on any atom is -0.483 e. The number of piperidine rings is 1. The van der Waals surface area contributed by atoms with Gasteiger partial charge < -0.3 is 23.7 Å². The predicted molar refractivity (Wildman–Crippen MR) is 123 cm³/mol. The van der Waals surface area contributed by atoms with E-state index < -0.39 is 48.6 Å². The second-order valence-electron chi connectivity index (χ2n) is 11.0. The zero-order chi connectivity index (χ0) is 25.7. The number of benzene rings is 1. The highest BCUT2D eigenvalue weighted by molar-refractivity contribution is 6.62. The van der Waals surface area contributed by atoms with Crippen LogP contribution in [-0.2, 0) is 14.0 Å². The van der Waals surface area contributed by atoms with Crippen LogP contribution in [0.2, 0.25) is 0 Å². The van der Waals surface area contributed by atoms with E-state index in [0.29, 0.717) is 11.0 Å². The normalized spacial score (nSPS) is 23.4. The quantitative estimate of drug-likeness (QED) is 0.607. The summed E-state index contributed by atoms with van der Waals surface area (Å²) >= 11 is 0. The second-order valence-corrected chi connectivity index (χ2v) is 11.0. The molecule has 186 valence electrons. The molecular formula is C24H33BF2N2O5. The molecule has 0 spiro atoms. The molecule has 2 aliphatic heterocycles. The Morgan fingerprint density at radius 3 is 2.29 bits per heavy atom. The molecule has 0 bridgehead atoms. The van der Waals surface area contributed by atoms with Gasteiger partial charge in [0.15, 0.2) is 6.10 Å². The summed E-state index contributed by atoms with van der Waals surface area (Å²) in [5.74, 6) is -3.25. The van der Waals surface area contributed by atoms with Crippen molar-refractivity contribution in [1.82, 2.24) is 4.90 Å². The first kappa shape index (κ1) is 26.2. The summed E-state index contributed by atoms with van der Waals surface area (Å²) in [4.78, 5) is 13.2. The van der Waals surface area contributed by atoms with E-state index in [1.54, 1.807) is 39.8 Å². The van der Waals surface area contributed by atoms with Crippen LogP contribution in [0.25, 0.3) is 0 Å². The van der Waals surface area contributed by atoms with E-state index in [4.69, 9.17) is 18.8 Å². The number of halogens is 2. The van der Waals surface area contributed by atoms with Crippen molar-refractivity contribution in [3.63, 3.8) is 0 Å². The summed E-state index contributed by atoms with van der Waals surface area (Å²) in [7, 11) is -0.690. The Bertz CT molecular complexity index is 984. The summed E-state index contributed by atoms with van der Waals surface area (Å²) < 4.78 is 52.9. The van der Waals surface area contributed by atoms with Gasteiger partial charge in [0.2, 0.25) is 0 Å². The van der Waals surface area contributed by atoms with Gasteiger partial charge in [-0.05, 0) is 78.5 Å². The Kier molecular flexibility index (Phi) is 6.70. The molecule has 0 aliphatic carbocycles. The van der Waals surface area contributed by atoms with Gasteiger partial charge in [-0.15, -0.1) is 0 Å². The summed E-state index contributed by atoms with van der Waals surface area (Å²) in [6.07, 6.45) is -2.37. The molecule has 2 aliphatic rings. The molecule has 0 saturated carbocycles. The Labute approximate surface area is 200 Å². The summed E-state index contributed by atoms with van der Waals surface area (Å²) in [5, 5.41) is 9.70. The molecule has 1 atom stereocenters. The van der Waals surface area contributed by atoms with E-state index in [1.807, 2.05) is 33.8 Å². The molecular weight excluding hydrogens is 445 g/mol. The molecule has 1 aromatic carbocycles. The average Bonchev–Trinajstić information content (AvgIpc) is 2.89. The SMILES string of the molecule is Cc1cc(OC2CCN(C(=O)OC(C)(C)C)CC2(F)F)c(C#N)cc1B1OC(C)(C)C(C)(C)O1. The van der Waals surface area contributed by atoms with Crippen LogP contribution in [0.15, 0.2) is 12.1 Å².